The zero-order chi connectivity index (χ0) is 25.6. The van der Waals surface area contributed by atoms with Gasteiger partial charge in [-0.3, -0.25) is 0 Å². The monoisotopic (exact) mass is 490 g/mol. The summed E-state index contributed by atoms with van der Waals surface area (Å²) in [5.74, 6) is 0. The minimum Gasteiger partial charge on any atom is -0.384 e. The van der Waals surface area contributed by atoms with Crippen molar-refractivity contribution in [2.24, 2.45) is 0 Å². The Morgan fingerprint density at radius 1 is 1.06 bits per heavy atom. The summed E-state index contributed by atoms with van der Waals surface area (Å²) in [5.41, 5.74) is 4.05. The highest BCUT2D eigenvalue weighted by molar-refractivity contribution is 5.24. The van der Waals surface area contributed by atoms with Gasteiger partial charge in [-0.05, 0) is 54.9 Å². The van der Waals surface area contributed by atoms with E-state index in [1.54, 1.807) is 0 Å². The van der Waals surface area contributed by atoms with Gasteiger partial charge in [-0.25, -0.2) is 0 Å². The van der Waals surface area contributed by atoms with Crippen LogP contribution in [-0.2, 0) is 27.4 Å². The number of ether oxygens (including phenoxy) is 3. The number of unbranched alkanes of at least 4 members (excludes halogenated alkanes) is 1. The first-order valence-corrected chi connectivity index (χ1v) is 13.2. The number of benzene rings is 2. The Balaban J connectivity index is 1.57. The van der Waals surface area contributed by atoms with Crippen LogP contribution in [0.25, 0.3) is 0 Å². The maximum absolute atomic E-state index is 10.6. The quantitative estimate of drug-likeness (QED) is 0.217. The van der Waals surface area contributed by atoms with Crippen LogP contribution in [-0.4, -0.2) is 36.1 Å². The van der Waals surface area contributed by atoms with E-state index in [2.05, 4.69) is 37.8 Å². The molecule has 1 saturated heterocycles. The van der Waals surface area contributed by atoms with Crippen LogP contribution in [0.2, 0.25) is 0 Å². The van der Waals surface area contributed by atoms with E-state index in [-0.39, 0.29) is 18.3 Å². The first-order valence-electron chi connectivity index (χ1n) is 13.2. The third-order valence-electron chi connectivity index (χ3n) is 6.54. The van der Waals surface area contributed by atoms with E-state index >= 15 is 0 Å². The molecule has 0 spiro atoms. The average molecular weight is 491 g/mol. The highest BCUT2D eigenvalue weighted by Crippen LogP contribution is 2.26. The molecule has 0 radical (unpaired) electrons. The predicted octanol–water partition coefficient (Wildman–Crippen LogP) is 6.95. The largest absolute Gasteiger partial charge is 0.384 e. The second-order valence-corrected chi connectivity index (χ2v) is 9.60. The van der Waals surface area contributed by atoms with Gasteiger partial charge in [-0.15, -0.1) is 0 Å². The molecule has 4 heteroatoms. The lowest BCUT2D eigenvalue weighted by atomic mass is 9.99. The highest BCUT2D eigenvalue weighted by Gasteiger charge is 2.31. The van der Waals surface area contributed by atoms with E-state index < -0.39 is 6.10 Å². The second kappa shape index (κ2) is 15.6. The molecular formula is C32H42O4. The van der Waals surface area contributed by atoms with Crippen molar-refractivity contribution in [1.29, 1.82) is 0 Å². The molecule has 1 fully saturated rings. The zero-order valence-corrected chi connectivity index (χ0v) is 21.9. The summed E-state index contributed by atoms with van der Waals surface area (Å²) in [7, 11) is 0. The van der Waals surface area contributed by atoms with Crippen molar-refractivity contribution in [3.8, 4) is 0 Å². The number of allylic oxidation sites excluding steroid dienone is 2. The summed E-state index contributed by atoms with van der Waals surface area (Å²) >= 11 is 0. The summed E-state index contributed by atoms with van der Waals surface area (Å²) in [6.45, 7) is 9.84. The van der Waals surface area contributed by atoms with Crippen molar-refractivity contribution in [2.75, 3.05) is 6.61 Å². The van der Waals surface area contributed by atoms with Gasteiger partial charge in [0.15, 0.2) is 0 Å². The molecule has 194 valence electrons. The van der Waals surface area contributed by atoms with Gasteiger partial charge >= 0.3 is 0 Å². The summed E-state index contributed by atoms with van der Waals surface area (Å²) in [4.78, 5) is 0. The predicted molar refractivity (Wildman–Crippen MR) is 147 cm³/mol. The average Bonchev–Trinajstić information content (AvgIpc) is 3.38. The summed E-state index contributed by atoms with van der Waals surface area (Å²) < 4.78 is 18.6. The van der Waals surface area contributed by atoms with Crippen LogP contribution in [0.3, 0.4) is 0 Å². The fraction of sp³-hybridized carbons (Fsp3) is 0.438. The van der Waals surface area contributed by atoms with Crippen LogP contribution in [0, 0.1) is 0 Å². The summed E-state index contributed by atoms with van der Waals surface area (Å²) in [6, 6.07) is 20.4. The van der Waals surface area contributed by atoms with Crippen LogP contribution in [0.15, 0.2) is 96.6 Å². The van der Waals surface area contributed by atoms with Gasteiger partial charge in [0.25, 0.3) is 0 Å². The molecule has 2 aromatic carbocycles. The molecule has 2 aromatic rings. The fourth-order valence-electron chi connectivity index (χ4n) is 4.30. The molecule has 0 aromatic heterocycles. The minimum absolute atomic E-state index is 0.0339. The van der Waals surface area contributed by atoms with Crippen LogP contribution in [0.4, 0.5) is 0 Å². The normalized spacial score (nSPS) is 20.0. The number of hydrogen-bond acceptors (Lipinski definition) is 4. The summed E-state index contributed by atoms with van der Waals surface area (Å²) in [5, 5.41) is 10.6. The van der Waals surface area contributed by atoms with Gasteiger partial charge < -0.3 is 19.3 Å². The molecule has 36 heavy (non-hydrogen) atoms. The minimum atomic E-state index is -0.612. The number of hydrogen-bond donors (Lipinski definition) is 1. The number of aliphatic hydroxyl groups is 1. The molecule has 4 nitrogen and oxygen atoms in total. The van der Waals surface area contributed by atoms with Crippen LogP contribution in [0.5, 0.6) is 0 Å². The van der Waals surface area contributed by atoms with Crippen molar-refractivity contribution in [3.05, 3.63) is 108 Å². The van der Waals surface area contributed by atoms with Crippen molar-refractivity contribution >= 4 is 0 Å². The van der Waals surface area contributed by atoms with Crippen LogP contribution >= 0.6 is 0 Å². The lowest BCUT2D eigenvalue weighted by Gasteiger charge is -2.22. The van der Waals surface area contributed by atoms with Crippen molar-refractivity contribution in [1.82, 2.24) is 0 Å². The molecule has 1 aliphatic heterocycles. The van der Waals surface area contributed by atoms with Crippen LogP contribution < -0.4 is 0 Å². The molecule has 1 heterocycles. The van der Waals surface area contributed by atoms with Gasteiger partial charge in [-0.2, -0.15) is 0 Å². The first-order chi connectivity index (χ1) is 17.6. The zero-order valence-electron chi connectivity index (χ0n) is 21.9. The number of rotatable bonds is 15. The maximum Gasteiger partial charge on any atom is 0.102 e. The molecule has 0 saturated carbocycles. The van der Waals surface area contributed by atoms with E-state index in [0.29, 0.717) is 19.8 Å². The van der Waals surface area contributed by atoms with Gasteiger partial charge in [-0.1, -0.05) is 98.8 Å². The Bertz CT molecular complexity index is 951. The van der Waals surface area contributed by atoms with Gasteiger partial charge in [0.2, 0.25) is 0 Å². The molecular weight excluding hydrogens is 448 g/mol. The first kappa shape index (κ1) is 28.1. The summed E-state index contributed by atoms with van der Waals surface area (Å²) in [6.07, 6.45) is 10.1. The molecule has 0 aliphatic carbocycles. The molecule has 4 atom stereocenters. The van der Waals surface area contributed by atoms with Crippen molar-refractivity contribution in [2.45, 2.75) is 83.6 Å². The van der Waals surface area contributed by atoms with E-state index in [1.807, 2.05) is 61.5 Å². The SMILES string of the molecule is C=C(CCCC)[C@H](O)/C(C)=C/C=C/[C@H](OCc1ccccc1)[C@H]1CC[C@H](COCc2ccccc2)O1. The van der Waals surface area contributed by atoms with Crippen molar-refractivity contribution < 1.29 is 19.3 Å². The maximum atomic E-state index is 10.6. The Hall–Kier alpha value is -2.50. The van der Waals surface area contributed by atoms with E-state index in [9.17, 15) is 5.11 Å². The third kappa shape index (κ3) is 9.51. The van der Waals surface area contributed by atoms with Crippen molar-refractivity contribution in [3.63, 3.8) is 0 Å². The highest BCUT2D eigenvalue weighted by atomic mass is 16.6. The lowest BCUT2D eigenvalue weighted by Crippen LogP contribution is -2.28. The molecule has 1 N–H and O–H groups in total. The third-order valence-corrected chi connectivity index (χ3v) is 6.54. The van der Waals surface area contributed by atoms with E-state index in [0.717, 1.165) is 48.8 Å². The molecule has 3 rings (SSSR count). The smallest absolute Gasteiger partial charge is 0.102 e. The van der Waals surface area contributed by atoms with Gasteiger partial charge in [0.1, 0.15) is 6.10 Å². The van der Waals surface area contributed by atoms with Gasteiger partial charge in [0.05, 0.1) is 38.1 Å². The van der Waals surface area contributed by atoms with Gasteiger partial charge in [0, 0.05) is 0 Å². The standard InChI is InChI=1S/C32H42O4/c1-4-5-13-25(2)32(33)26(3)14-12-19-30(35-23-28-17-10-7-11-18-28)31-21-20-29(36-31)24-34-22-27-15-8-6-9-16-27/h6-12,14-19,29-33H,2,4-5,13,20-24H2,1,3H3/b19-12+,26-14+/t29-,30+,31-,32+/m1/s1. The molecule has 0 amide bonds. The number of aliphatic hydroxyl groups excluding tert-OH is 1. The van der Waals surface area contributed by atoms with Crippen LogP contribution in [0.1, 0.15) is 57.1 Å². The fourth-order valence-corrected chi connectivity index (χ4v) is 4.30. The lowest BCUT2D eigenvalue weighted by molar-refractivity contribution is -0.0746. The molecule has 0 bridgehead atoms. The molecule has 1 aliphatic rings. The Morgan fingerprint density at radius 2 is 1.72 bits per heavy atom. The van der Waals surface area contributed by atoms with E-state index in [4.69, 9.17) is 14.2 Å². The Kier molecular flexibility index (Phi) is 12.1. The Labute approximate surface area is 217 Å². The van der Waals surface area contributed by atoms with E-state index in [1.165, 1.54) is 5.56 Å². The Morgan fingerprint density at radius 3 is 2.39 bits per heavy atom. The second-order valence-electron chi connectivity index (χ2n) is 9.60. The molecule has 0 unspecified atom stereocenters. The topological polar surface area (TPSA) is 47.9 Å².